The molecule has 0 aliphatic heterocycles. The van der Waals surface area contributed by atoms with Crippen LogP contribution in [0, 0.1) is 0 Å². The van der Waals surface area contributed by atoms with E-state index in [1.807, 2.05) is 0 Å². The summed E-state index contributed by atoms with van der Waals surface area (Å²) in [7, 11) is 0. The van der Waals surface area contributed by atoms with Gasteiger partial charge in [-0.2, -0.15) is 0 Å². The lowest BCUT2D eigenvalue weighted by atomic mass is 10.1. The highest BCUT2D eigenvalue weighted by atomic mass is 16.6. The normalized spacial score (nSPS) is 12.7. The molecule has 0 amide bonds. The van der Waals surface area contributed by atoms with Gasteiger partial charge in [0, 0.05) is 19.3 Å². The Morgan fingerprint density at radius 2 is 0.635 bits per heavy atom. The Hall–Kier alpha value is -3.41. The van der Waals surface area contributed by atoms with E-state index in [4.69, 9.17) is 14.2 Å². The lowest BCUT2D eigenvalue weighted by molar-refractivity contribution is -0.167. The van der Waals surface area contributed by atoms with Gasteiger partial charge >= 0.3 is 17.9 Å². The SMILES string of the molecule is CC/C=C\C/C=C\C/C=C\C/C=C\CCCCCCCCC(=O)OCC(COC(=O)CCC/C=C\CCCCCC)OC(=O)CCCCCCCCC/C=C\C/C=C\CCCCC. The summed E-state index contributed by atoms with van der Waals surface area (Å²) in [5.74, 6) is -0.955. The third kappa shape index (κ3) is 49.5. The van der Waals surface area contributed by atoms with E-state index in [-0.39, 0.29) is 31.1 Å². The van der Waals surface area contributed by atoms with Crippen molar-refractivity contribution in [2.75, 3.05) is 13.2 Å². The first-order chi connectivity index (χ1) is 31.0. The van der Waals surface area contributed by atoms with E-state index in [2.05, 4.69) is 106 Å². The molecule has 0 spiro atoms. The van der Waals surface area contributed by atoms with Crippen LogP contribution < -0.4 is 0 Å². The number of unbranched alkanes of at least 4 members (excludes halogenated alkanes) is 21. The summed E-state index contributed by atoms with van der Waals surface area (Å²) < 4.78 is 16.7. The maximum absolute atomic E-state index is 12.8. The number of rotatable bonds is 46. The molecule has 1 atom stereocenters. The van der Waals surface area contributed by atoms with Crippen molar-refractivity contribution in [2.24, 2.45) is 0 Å². The summed E-state index contributed by atoms with van der Waals surface area (Å²) in [6, 6.07) is 0. The van der Waals surface area contributed by atoms with Crippen molar-refractivity contribution in [3.8, 4) is 0 Å². The van der Waals surface area contributed by atoms with Crippen molar-refractivity contribution >= 4 is 17.9 Å². The number of hydrogen-bond donors (Lipinski definition) is 0. The van der Waals surface area contributed by atoms with Crippen molar-refractivity contribution in [1.82, 2.24) is 0 Å². The monoisotopic (exact) mass is 877 g/mol. The maximum Gasteiger partial charge on any atom is 0.306 e. The summed E-state index contributed by atoms with van der Waals surface area (Å²) in [5.41, 5.74) is 0. The van der Waals surface area contributed by atoms with Gasteiger partial charge in [0.15, 0.2) is 6.10 Å². The molecule has 6 nitrogen and oxygen atoms in total. The van der Waals surface area contributed by atoms with Crippen LogP contribution in [0.2, 0.25) is 0 Å². The average molecular weight is 877 g/mol. The zero-order chi connectivity index (χ0) is 45.8. The Bertz CT molecular complexity index is 1240. The minimum Gasteiger partial charge on any atom is -0.462 e. The van der Waals surface area contributed by atoms with Gasteiger partial charge in [0.2, 0.25) is 0 Å². The number of allylic oxidation sites excluding steroid dienone is 14. The van der Waals surface area contributed by atoms with Crippen LogP contribution in [0.4, 0.5) is 0 Å². The average Bonchev–Trinajstić information content (AvgIpc) is 3.28. The van der Waals surface area contributed by atoms with Crippen molar-refractivity contribution in [3.05, 3.63) is 85.1 Å². The second-order valence-electron chi connectivity index (χ2n) is 17.0. The zero-order valence-corrected chi connectivity index (χ0v) is 41.1. The number of carbonyl (C=O) groups is 3. The van der Waals surface area contributed by atoms with Crippen LogP contribution in [0.25, 0.3) is 0 Å². The molecule has 0 aliphatic rings. The smallest absolute Gasteiger partial charge is 0.306 e. The Labute approximate surface area is 388 Å². The van der Waals surface area contributed by atoms with Gasteiger partial charge in [0.25, 0.3) is 0 Å². The van der Waals surface area contributed by atoms with Crippen LogP contribution in [-0.2, 0) is 28.6 Å². The highest BCUT2D eigenvalue weighted by Gasteiger charge is 2.19. The van der Waals surface area contributed by atoms with Gasteiger partial charge in [0.05, 0.1) is 0 Å². The molecule has 0 aromatic rings. The fourth-order valence-electron chi connectivity index (χ4n) is 6.94. The predicted octanol–water partition coefficient (Wildman–Crippen LogP) is 17.2. The second-order valence-corrected chi connectivity index (χ2v) is 17.0. The molecule has 0 radical (unpaired) electrons. The first-order valence-electron chi connectivity index (χ1n) is 26.1. The van der Waals surface area contributed by atoms with E-state index in [9.17, 15) is 14.4 Å². The van der Waals surface area contributed by atoms with Gasteiger partial charge in [-0.15, -0.1) is 0 Å². The standard InChI is InChI=1S/C57H96O6/c1-4-7-10-13-16-19-21-23-25-27-28-30-31-33-35-38-41-44-47-50-56(59)62-53-54(52-61-55(58)49-46-43-40-37-18-15-12-9-6-3)63-57(60)51-48-45-42-39-36-34-32-29-26-24-22-20-17-14-11-8-5-2/h7,10,16-17,19-20,23-26,28,30,37,40,54H,4-6,8-9,11-15,18,21-22,27,29,31-36,38-39,41-53H2,1-3H3/b10-7-,19-16-,20-17-,25-23-,26-24-,30-28-,40-37-. The van der Waals surface area contributed by atoms with Gasteiger partial charge in [0.1, 0.15) is 13.2 Å². The van der Waals surface area contributed by atoms with Crippen LogP contribution in [0.3, 0.4) is 0 Å². The molecule has 0 saturated heterocycles. The molecule has 0 fully saturated rings. The quantitative estimate of drug-likeness (QED) is 0.0262. The van der Waals surface area contributed by atoms with Crippen molar-refractivity contribution in [1.29, 1.82) is 0 Å². The largest absolute Gasteiger partial charge is 0.462 e. The third-order valence-electron chi connectivity index (χ3n) is 10.9. The van der Waals surface area contributed by atoms with Gasteiger partial charge in [-0.3, -0.25) is 14.4 Å². The van der Waals surface area contributed by atoms with E-state index in [0.717, 1.165) is 103 Å². The fraction of sp³-hybridized carbons (Fsp3) is 0.702. The topological polar surface area (TPSA) is 78.9 Å². The summed E-state index contributed by atoms with van der Waals surface area (Å²) in [5, 5.41) is 0. The molecule has 1 unspecified atom stereocenters. The van der Waals surface area contributed by atoms with Gasteiger partial charge < -0.3 is 14.2 Å². The van der Waals surface area contributed by atoms with Crippen molar-refractivity contribution < 1.29 is 28.6 Å². The maximum atomic E-state index is 12.8. The van der Waals surface area contributed by atoms with Crippen molar-refractivity contribution in [3.63, 3.8) is 0 Å². The van der Waals surface area contributed by atoms with Gasteiger partial charge in [-0.05, 0) is 109 Å². The second kappa shape index (κ2) is 51.2. The van der Waals surface area contributed by atoms with Crippen LogP contribution in [0.15, 0.2) is 85.1 Å². The third-order valence-corrected chi connectivity index (χ3v) is 10.9. The molecule has 0 saturated carbocycles. The molecular formula is C57H96O6. The highest BCUT2D eigenvalue weighted by molar-refractivity contribution is 5.71. The van der Waals surface area contributed by atoms with Gasteiger partial charge in [-0.25, -0.2) is 0 Å². The minimum atomic E-state index is -0.797. The zero-order valence-electron chi connectivity index (χ0n) is 41.1. The molecule has 0 aromatic heterocycles. The van der Waals surface area contributed by atoms with E-state index in [0.29, 0.717) is 25.7 Å². The molecule has 0 bridgehead atoms. The molecule has 0 heterocycles. The predicted molar refractivity (Wildman–Crippen MR) is 270 cm³/mol. The van der Waals surface area contributed by atoms with Crippen LogP contribution >= 0.6 is 0 Å². The minimum absolute atomic E-state index is 0.0964. The van der Waals surface area contributed by atoms with E-state index in [1.165, 1.54) is 89.9 Å². The highest BCUT2D eigenvalue weighted by Crippen LogP contribution is 2.14. The Balaban J connectivity index is 4.38. The Morgan fingerprint density at radius 1 is 0.333 bits per heavy atom. The molecule has 63 heavy (non-hydrogen) atoms. The molecule has 6 heteroatoms. The Morgan fingerprint density at radius 3 is 1.08 bits per heavy atom. The molecule has 0 N–H and O–H groups in total. The fourth-order valence-corrected chi connectivity index (χ4v) is 6.94. The number of esters is 3. The molecular weight excluding hydrogens is 781 g/mol. The Kier molecular flexibility index (Phi) is 48.5. The van der Waals surface area contributed by atoms with E-state index in [1.54, 1.807) is 0 Å². The molecule has 0 aromatic carbocycles. The lowest BCUT2D eigenvalue weighted by Crippen LogP contribution is -2.30. The molecule has 360 valence electrons. The molecule has 0 rings (SSSR count). The first-order valence-corrected chi connectivity index (χ1v) is 26.1. The number of carbonyl (C=O) groups excluding carboxylic acids is 3. The summed E-state index contributed by atoms with van der Waals surface area (Å²) >= 11 is 0. The van der Waals surface area contributed by atoms with Crippen LogP contribution in [0.1, 0.15) is 239 Å². The number of ether oxygens (including phenoxy) is 3. The lowest BCUT2D eigenvalue weighted by Gasteiger charge is -2.18. The van der Waals surface area contributed by atoms with E-state index < -0.39 is 6.10 Å². The molecule has 0 aliphatic carbocycles. The van der Waals surface area contributed by atoms with Gasteiger partial charge in [-0.1, -0.05) is 196 Å². The van der Waals surface area contributed by atoms with Crippen molar-refractivity contribution in [2.45, 2.75) is 245 Å². The van der Waals surface area contributed by atoms with Crippen LogP contribution in [-0.4, -0.2) is 37.2 Å². The summed E-state index contributed by atoms with van der Waals surface area (Å²) in [6.45, 7) is 6.42. The number of hydrogen-bond acceptors (Lipinski definition) is 6. The summed E-state index contributed by atoms with van der Waals surface area (Å²) in [6.07, 6.45) is 65.7. The van der Waals surface area contributed by atoms with E-state index >= 15 is 0 Å². The first kappa shape index (κ1) is 59.6. The van der Waals surface area contributed by atoms with Crippen LogP contribution in [0.5, 0.6) is 0 Å². The summed E-state index contributed by atoms with van der Waals surface area (Å²) in [4.78, 5) is 37.9.